The van der Waals surface area contributed by atoms with Crippen LogP contribution in [-0.2, 0) is 4.79 Å². The first-order valence-electron chi connectivity index (χ1n) is 7.61. The van der Waals surface area contributed by atoms with E-state index < -0.39 is 6.04 Å². The number of nitrogens with one attached hydrogen (secondary N) is 1. The highest BCUT2D eigenvalue weighted by Gasteiger charge is 2.22. The normalized spacial score (nSPS) is 12.1. The summed E-state index contributed by atoms with van der Waals surface area (Å²) >= 11 is 1.54. The fourth-order valence-corrected chi connectivity index (χ4v) is 2.88. The largest absolute Gasteiger partial charge is 0.341 e. The molecule has 122 valence electrons. The fourth-order valence-electron chi connectivity index (χ4n) is 2.03. The van der Waals surface area contributed by atoms with Crippen LogP contribution in [0, 0.1) is 0 Å². The minimum absolute atomic E-state index is 0.0692. The van der Waals surface area contributed by atoms with Crippen molar-refractivity contribution in [3.63, 3.8) is 0 Å². The third kappa shape index (κ3) is 5.02. The van der Waals surface area contributed by atoms with Gasteiger partial charge in [0.05, 0.1) is 5.56 Å². The molecule has 0 radical (unpaired) electrons. The highest BCUT2D eigenvalue weighted by Crippen LogP contribution is 2.24. The maximum absolute atomic E-state index is 12.4. The molecule has 0 saturated heterocycles. The minimum Gasteiger partial charge on any atom is -0.341 e. The van der Waals surface area contributed by atoms with Crippen LogP contribution in [0.25, 0.3) is 0 Å². The Balaban J connectivity index is 2.83. The summed E-state index contributed by atoms with van der Waals surface area (Å²) in [6, 6.07) is 2.92. The Kier molecular flexibility index (Phi) is 7.38. The number of thioether (sulfide) groups is 1. The lowest BCUT2D eigenvalue weighted by molar-refractivity contribution is -0.132. The maximum atomic E-state index is 12.4. The van der Waals surface area contributed by atoms with Crippen molar-refractivity contribution in [2.75, 3.05) is 13.1 Å². The number of rotatable bonds is 7. The SMILES string of the molecule is CCN(CC)C(=O)C(C)NC(=O)c1cccnc1SC(C)C. The number of likely N-dealkylation sites (N-methyl/N-ethyl adjacent to an activating group) is 1. The van der Waals surface area contributed by atoms with Gasteiger partial charge in [0, 0.05) is 24.5 Å². The first-order chi connectivity index (χ1) is 10.4. The lowest BCUT2D eigenvalue weighted by Gasteiger charge is -2.23. The first-order valence-corrected chi connectivity index (χ1v) is 8.49. The molecule has 1 atom stereocenters. The molecule has 0 aliphatic heterocycles. The molecule has 1 N–H and O–H groups in total. The monoisotopic (exact) mass is 323 g/mol. The zero-order valence-electron chi connectivity index (χ0n) is 13.9. The summed E-state index contributed by atoms with van der Waals surface area (Å²) in [6.07, 6.45) is 1.67. The van der Waals surface area contributed by atoms with Crippen LogP contribution < -0.4 is 5.32 Å². The van der Waals surface area contributed by atoms with E-state index in [9.17, 15) is 9.59 Å². The van der Waals surface area contributed by atoms with Crippen LogP contribution in [-0.4, -0.2) is 46.1 Å². The molecule has 0 aromatic carbocycles. The van der Waals surface area contributed by atoms with Crippen LogP contribution in [0.4, 0.5) is 0 Å². The van der Waals surface area contributed by atoms with Crippen LogP contribution in [0.5, 0.6) is 0 Å². The van der Waals surface area contributed by atoms with Crippen molar-refractivity contribution in [3.05, 3.63) is 23.9 Å². The van der Waals surface area contributed by atoms with Gasteiger partial charge < -0.3 is 10.2 Å². The minimum atomic E-state index is -0.551. The van der Waals surface area contributed by atoms with Gasteiger partial charge in [0.25, 0.3) is 5.91 Å². The molecule has 0 aliphatic carbocycles. The molecule has 6 heteroatoms. The molecular formula is C16H25N3O2S. The molecule has 1 unspecified atom stereocenters. The van der Waals surface area contributed by atoms with E-state index in [0.29, 0.717) is 28.9 Å². The molecule has 0 aliphatic rings. The zero-order chi connectivity index (χ0) is 16.7. The summed E-state index contributed by atoms with van der Waals surface area (Å²) in [4.78, 5) is 30.6. The first kappa shape index (κ1) is 18.5. The summed E-state index contributed by atoms with van der Waals surface area (Å²) in [6.45, 7) is 10.9. The number of aromatic nitrogens is 1. The number of amides is 2. The molecule has 0 saturated carbocycles. The Morgan fingerprint density at radius 2 is 1.91 bits per heavy atom. The smallest absolute Gasteiger partial charge is 0.254 e. The molecule has 1 aromatic heterocycles. The summed E-state index contributed by atoms with van der Waals surface area (Å²) in [5, 5.41) is 3.80. The molecule has 0 spiro atoms. The van der Waals surface area contributed by atoms with Crippen molar-refractivity contribution in [2.24, 2.45) is 0 Å². The van der Waals surface area contributed by atoms with E-state index in [1.54, 1.807) is 30.2 Å². The van der Waals surface area contributed by atoms with Crippen LogP contribution in [0.3, 0.4) is 0 Å². The van der Waals surface area contributed by atoms with E-state index in [4.69, 9.17) is 0 Å². The van der Waals surface area contributed by atoms with Crippen LogP contribution >= 0.6 is 11.8 Å². The van der Waals surface area contributed by atoms with Gasteiger partial charge in [0.15, 0.2) is 0 Å². The van der Waals surface area contributed by atoms with E-state index in [1.807, 2.05) is 27.7 Å². The third-order valence-electron chi connectivity index (χ3n) is 3.16. The Morgan fingerprint density at radius 3 is 2.45 bits per heavy atom. The summed E-state index contributed by atoms with van der Waals surface area (Å²) in [7, 11) is 0. The number of hydrogen-bond donors (Lipinski definition) is 1. The lowest BCUT2D eigenvalue weighted by atomic mass is 10.2. The second kappa shape index (κ2) is 8.78. The van der Waals surface area contributed by atoms with Crippen molar-refractivity contribution in [2.45, 2.75) is 50.9 Å². The number of nitrogens with zero attached hydrogens (tertiary/aromatic N) is 2. The molecule has 1 heterocycles. The summed E-state index contributed by atoms with van der Waals surface area (Å²) in [5.41, 5.74) is 0.514. The lowest BCUT2D eigenvalue weighted by Crippen LogP contribution is -2.46. The second-order valence-corrected chi connectivity index (χ2v) is 6.79. The molecular weight excluding hydrogens is 298 g/mol. The molecule has 22 heavy (non-hydrogen) atoms. The molecule has 2 amide bonds. The van der Waals surface area contributed by atoms with E-state index in [0.717, 1.165) is 0 Å². The number of carbonyl (C=O) groups excluding carboxylic acids is 2. The van der Waals surface area contributed by atoms with Gasteiger partial charge in [0.2, 0.25) is 5.91 Å². The standard InChI is InChI=1S/C16H25N3O2S/c1-6-19(7-2)16(21)12(5)18-14(20)13-9-8-10-17-15(13)22-11(3)4/h8-12H,6-7H2,1-5H3,(H,18,20). The molecule has 0 bridgehead atoms. The van der Waals surface area contributed by atoms with Crippen molar-refractivity contribution in [1.82, 2.24) is 15.2 Å². The molecule has 1 rings (SSSR count). The van der Waals surface area contributed by atoms with Gasteiger partial charge in [-0.25, -0.2) is 4.98 Å². The number of hydrogen-bond acceptors (Lipinski definition) is 4. The predicted molar refractivity (Wildman–Crippen MR) is 90.1 cm³/mol. The fraction of sp³-hybridized carbons (Fsp3) is 0.562. The topological polar surface area (TPSA) is 62.3 Å². The highest BCUT2D eigenvalue weighted by atomic mass is 32.2. The van der Waals surface area contributed by atoms with Crippen LogP contribution in [0.15, 0.2) is 23.4 Å². The van der Waals surface area contributed by atoms with E-state index >= 15 is 0 Å². The summed E-state index contributed by atoms with van der Waals surface area (Å²) < 4.78 is 0. The summed E-state index contributed by atoms with van der Waals surface area (Å²) in [5.74, 6) is -0.329. The van der Waals surface area contributed by atoms with E-state index in [2.05, 4.69) is 10.3 Å². The van der Waals surface area contributed by atoms with E-state index in [1.165, 1.54) is 11.8 Å². The van der Waals surface area contributed by atoms with Crippen molar-refractivity contribution < 1.29 is 9.59 Å². The van der Waals surface area contributed by atoms with Crippen LogP contribution in [0.2, 0.25) is 0 Å². The van der Waals surface area contributed by atoms with E-state index in [-0.39, 0.29) is 11.8 Å². The average molecular weight is 323 g/mol. The predicted octanol–water partition coefficient (Wildman–Crippen LogP) is 2.57. The van der Waals surface area contributed by atoms with Gasteiger partial charge in [-0.05, 0) is 32.9 Å². The number of pyridine rings is 1. The van der Waals surface area contributed by atoms with Crippen LogP contribution in [0.1, 0.15) is 45.0 Å². The van der Waals surface area contributed by atoms with Gasteiger partial charge in [0.1, 0.15) is 11.1 Å². The highest BCUT2D eigenvalue weighted by molar-refractivity contribution is 7.99. The van der Waals surface area contributed by atoms with Crippen molar-refractivity contribution in [3.8, 4) is 0 Å². The Hall–Kier alpha value is -1.56. The van der Waals surface area contributed by atoms with Gasteiger partial charge >= 0.3 is 0 Å². The Bertz CT molecular complexity index is 516. The maximum Gasteiger partial charge on any atom is 0.254 e. The Labute approximate surface area is 136 Å². The van der Waals surface area contributed by atoms with Gasteiger partial charge in [-0.3, -0.25) is 9.59 Å². The molecule has 0 fully saturated rings. The Morgan fingerprint density at radius 1 is 1.27 bits per heavy atom. The molecule has 1 aromatic rings. The van der Waals surface area contributed by atoms with Crippen molar-refractivity contribution >= 4 is 23.6 Å². The quantitative estimate of drug-likeness (QED) is 0.783. The van der Waals surface area contributed by atoms with Gasteiger partial charge in [-0.1, -0.05) is 13.8 Å². The zero-order valence-corrected chi connectivity index (χ0v) is 14.7. The van der Waals surface area contributed by atoms with Crippen molar-refractivity contribution in [1.29, 1.82) is 0 Å². The number of carbonyl (C=O) groups is 2. The molecule has 5 nitrogen and oxygen atoms in total. The second-order valence-electron chi connectivity index (χ2n) is 5.23. The van der Waals surface area contributed by atoms with Gasteiger partial charge in [-0.2, -0.15) is 0 Å². The average Bonchev–Trinajstić information content (AvgIpc) is 2.48. The van der Waals surface area contributed by atoms with Gasteiger partial charge in [-0.15, -0.1) is 11.8 Å². The third-order valence-corrected chi connectivity index (χ3v) is 4.18.